The average molecular weight is 197 g/mol. The summed E-state index contributed by atoms with van der Waals surface area (Å²) in [5.41, 5.74) is -0.879. The number of nitrogens with zero attached hydrogens (tertiary/aromatic N) is 1. The summed E-state index contributed by atoms with van der Waals surface area (Å²) in [7, 11) is 0. The van der Waals surface area contributed by atoms with Crippen molar-refractivity contribution in [3.8, 4) is 5.75 Å². The molecule has 0 aromatic heterocycles. The van der Waals surface area contributed by atoms with Crippen LogP contribution in [0.3, 0.4) is 0 Å². The molecule has 0 aliphatic rings. The molecule has 1 rings (SSSR count). The molecule has 1 aromatic rings. The standard InChI is InChI=1S/C8H7NO5/c1-4-2-5(10)3-6(8(11)12)7(4)9(13)14/h2-3,10H,1H3,(H,11,12). The Morgan fingerprint density at radius 1 is 1.50 bits per heavy atom. The number of aromatic hydroxyl groups is 1. The second kappa shape index (κ2) is 3.33. The summed E-state index contributed by atoms with van der Waals surface area (Å²) in [4.78, 5) is 20.4. The van der Waals surface area contributed by atoms with E-state index < -0.39 is 22.1 Å². The molecule has 0 fully saturated rings. The molecule has 0 radical (unpaired) electrons. The van der Waals surface area contributed by atoms with Gasteiger partial charge in [-0.15, -0.1) is 0 Å². The minimum Gasteiger partial charge on any atom is -0.508 e. The third-order valence-electron chi connectivity index (χ3n) is 1.70. The van der Waals surface area contributed by atoms with E-state index in [4.69, 9.17) is 10.2 Å². The van der Waals surface area contributed by atoms with Crippen molar-refractivity contribution < 1.29 is 19.9 Å². The number of carboxylic acid groups (broad SMARTS) is 1. The first kappa shape index (κ1) is 9.97. The van der Waals surface area contributed by atoms with Crippen LogP contribution in [0.5, 0.6) is 5.75 Å². The molecule has 6 heteroatoms. The number of nitro groups is 1. The van der Waals surface area contributed by atoms with Crippen molar-refractivity contribution >= 4 is 11.7 Å². The van der Waals surface area contributed by atoms with Gasteiger partial charge in [0.2, 0.25) is 0 Å². The fraction of sp³-hybridized carbons (Fsp3) is 0.125. The highest BCUT2D eigenvalue weighted by Crippen LogP contribution is 2.27. The highest BCUT2D eigenvalue weighted by atomic mass is 16.6. The minimum atomic E-state index is -1.43. The molecule has 0 atom stereocenters. The van der Waals surface area contributed by atoms with Crippen LogP contribution in [0.15, 0.2) is 12.1 Å². The molecular weight excluding hydrogens is 190 g/mol. The zero-order valence-electron chi connectivity index (χ0n) is 7.22. The molecule has 6 nitrogen and oxygen atoms in total. The first-order valence-electron chi connectivity index (χ1n) is 3.64. The fourth-order valence-electron chi connectivity index (χ4n) is 1.17. The number of carboxylic acids is 1. The summed E-state index contributed by atoms with van der Waals surface area (Å²) in [5, 5.41) is 28.2. The predicted molar refractivity (Wildman–Crippen MR) is 46.5 cm³/mol. The molecule has 0 unspecified atom stereocenters. The van der Waals surface area contributed by atoms with Crippen LogP contribution in [0.2, 0.25) is 0 Å². The van der Waals surface area contributed by atoms with Crippen LogP contribution in [-0.2, 0) is 0 Å². The number of aryl methyl sites for hydroxylation is 1. The molecule has 0 aliphatic heterocycles. The molecule has 2 N–H and O–H groups in total. The lowest BCUT2D eigenvalue weighted by Gasteiger charge is -2.02. The van der Waals surface area contributed by atoms with Gasteiger partial charge in [0.15, 0.2) is 0 Å². The van der Waals surface area contributed by atoms with E-state index in [9.17, 15) is 14.9 Å². The van der Waals surface area contributed by atoms with E-state index in [2.05, 4.69) is 0 Å². The molecule has 0 spiro atoms. The van der Waals surface area contributed by atoms with Gasteiger partial charge >= 0.3 is 5.97 Å². The van der Waals surface area contributed by atoms with Crippen LogP contribution in [-0.4, -0.2) is 21.1 Å². The lowest BCUT2D eigenvalue weighted by Crippen LogP contribution is -2.04. The molecule has 74 valence electrons. The fourth-order valence-corrected chi connectivity index (χ4v) is 1.17. The summed E-state index contributed by atoms with van der Waals surface area (Å²) in [6.45, 7) is 1.37. The minimum absolute atomic E-state index is 0.118. The topological polar surface area (TPSA) is 101 Å². The van der Waals surface area contributed by atoms with Gasteiger partial charge in [0, 0.05) is 11.6 Å². The lowest BCUT2D eigenvalue weighted by molar-refractivity contribution is -0.385. The van der Waals surface area contributed by atoms with E-state index in [1.165, 1.54) is 6.92 Å². The Bertz CT molecular complexity index is 412. The first-order valence-corrected chi connectivity index (χ1v) is 3.64. The second-order valence-corrected chi connectivity index (χ2v) is 2.72. The smallest absolute Gasteiger partial charge is 0.342 e. The molecular formula is C8H7NO5. The Balaban J connectivity index is 3.52. The number of hydrogen-bond acceptors (Lipinski definition) is 4. The van der Waals surface area contributed by atoms with Gasteiger partial charge in [-0.2, -0.15) is 0 Å². The van der Waals surface area contributed by atoms with Crippen molar-refractivity contribution in [3.63, 3.8) is 0 Å². The lowest BCUT2D eigenvalue weighted by atomic mass is 10.1. The van der Waals surface area contributed by atoms with E-state index in [1.807, 2.05) is 0 Å². The second-order valence-electron chi connectivity index (χ2n) is 2.72. The quantitative estimate of drug-likeness (QED) is 0.549. The Labute approximate surface area is 78.6 Å². The number of phenolic OH excluding ortho intramolecular Hbond substituents is 1. The Morgan fingerprint density at radius 3 is 2.50 bits per heavy atom. The van der Waals surface area contributed by atoms with Gasteiger partial charge in [-0.25, -0.2) is 4.79 Å². The van der Waals surface area contributed by atoms with Crippen LogP contribution in [0.25, 0.3) is 0 Å². The van der Waals surface area contributed by atoms with Gasteiger partial charge in [-0.05, 0) is 13.0 Å². The highest BCUT2D eigenvalue weighted by molar-refractivity contribution is 5.93. The van der Waals surface area contributed by atoms with Crippen LogP contribution >= 0.6 is 0 Å². The van der Waals surface area contributed by atoms with Gasteiger partial charge in [0.25, 0.3) is 5.69 Å². The number of benzene rings is 1. The maximum Gasteiger partial charge on any atom is 0.342 e. The monoisotopic (exact) mass is 197 g/mol. The maximum atomic E-state index is 10.6. The molecule has 0 saturated heterocycles. The zero-order valence-corrected chi connectivity index (χ0v) is 7.22. The van der Waals surface area contributed by atoms with Crippen molar-refractivity contribution in [1.82, 2.24) is 0 Å². The Morgan fingerprint density at radius 2 is 2.07 bits per heavy atom. The predicted octanol–water partition coefficient (Wildman–Crippen LogP) is 1.31. The number of hydrogen-bond donors (Lipinski definition) is 2. The Kier molecular flexibility index (Phi) is 2.37. The van der Waals surface area contributed by atoms with Crippen molar-refractivity contribution in [2.24, 2.45) is 0 Å². The van der Waals surface area contributed by atoms with E-state index in [0.29, 0.717) is 0 Å². The number of aromatic carboxylic acids is 1. The van der Waals surface area contributed by atoms with E-state index in [0.717, 1.165) is 12.1 Å². The summed E-state index contributed by atoms with van der Waals surface area (Å²) in [5.74, 6) is -1.74. The third kappa shape index (κ3) is 1.63. The van der Waals surface area contributed by atoms with E-state index >= 15 is 0 Å². The SMILES string of the molecule is Cc1cc(O)cc(C(=O)O)c1[N+](=O)[O-]. The summed E-state index contributed by atoms with van der Waals surface area (Å²) in [6, 6.07) is 2.00. The maximum absolute atomic E-state index is 10.6. The van der Waals surface area contributed by atoms with Crippen molar-refractivity contribution in [1.29, 1.82) is 0 Å². The first-order chi connectivity index (χ1) is 6.43. The number of carbonyl (C=O) groups is 1. The summed E-state index contributed by atoms with van der Waals surface area (Å²) >= 11 is 0. The number of rotatable bonds is 2. The van der Waals surface area contributed by atoms with Gasteiger partial charge in [0.05, 0.1) is 4.92 Å². The van der Waals surface area contributed by atoms with Crippen molar-refractivity contribution in [2.45, 2.75) is 6.92 Å². The summed E-state index contributed by atoms with van der Waals surface area (Å²) < 4.78 is 0. The number of phenols is 1. The van der Waals surface area contributed by atoms with Gasteiger partial charge < -0.3 is 10.2 Å². The normalized spacial score (nSPS) is 9.79. The van der Waals surface area contributed by atoms with Crippen LogP contribution in [0.1, 0.15) is 15.9 Å². The van der Waals surface area contributed by atoms with Crippen molar-refractivity contribution in [2.75, 3.05) is 0 Å². The van der Waals surface area contributed by atoms with Gasteiger partial charge in [-0.3, -0.25) is 10.1 Å². The van der Waals surface area contributed by atoms with Gasteiger partial charge in [-0.1, -0.05) is 0 Å². The molecule has 0 saturated carbocycles. The average Bonchev–Trinajstić information content (AvgIpc) is 2.01. The number of nitro benzene ring substituents is 1. The zero-order chi connectivity index (χ0) is 10.9. The van der Waals surface area contributed by atoms with Crippen LogP contribution < -0.4 is 0 Å². The van der Waals surface area contributed by atoms with Crippen LogP contribution in [0.4, 0.5) is 5.69 Å². The molecule has 0 amide bonds. The molecule has 0 heterocycles. The molecule has 1 aromatic carbocycles. The van der Waals surface area contributed by atoms with Gasteiger partial charge in [0.1, 0.15) is 11.3 Å². The third-order valence-corrected chi connectivity index (χ3v) is 1.70. The highest BCUT2D eigenvalue weighted by Gasteiger charge is 2.23. The van der Waals surface area contributed by atoms with Crippen LogP contribution in [0, 0.1) is 17.0 Å². The molecule has 14 heavy (non-hydrogen) atoms. The molecule has 0 aliphatic carbocycles. The summed E-state index contributed by atoms with van der Waals surface area (Å²) in [6.07, 6.45) is 0. The molecule has 0 bridgehead atoms. The van der Waals surface area contributed by atoms with E-state index in [-0.39, 0.29) is 11.3 Å². The van der Waals surface area contributed by atoms with Crippen molar-refractivity contribution in [3.05, 3.63) is 33.4 Å². The largest absolute Gasteiger partial charge is 0.508 e. The Hall–Kier alpha value is -2.11. The van der Waals surface area contributed by atoms with E-state index in [1.54, 1.807) is 0 Å².